The van der Waals surface area contributed by atoms with Crippen LogP contribution < -0.4 is 5.32 Å². The van der Waals surface area contributed by atoms with Crippen LogP contribution in [0.1, 0.15) is 46.0 Å². The lowest BCUT2D eigenvalue weighted by atomic mass is 9.73. The van der Waals surface area contributed by atoms with Gasteiger partial charge in [-0.3, -0.25) is 0 Å². The van der Waals surface area contributed by atoms with Gasteiger partial charge in [0, 0.05) is 25.7 Å². The maximum Gasteiger partial charge on any atom is 0.0702 e. The zero-order valence-corrected chi connectivity index (χ0v) is 13.9. The minimum absolute atomic E-state index is 0.484. The summed E-state index contributed by atoms with van der Waals surface area (Å²) in [7, 11) is 4.40. The van der Waals surface area contributed by atoms with Crippen molar-refractivity contribution in [3.63, 3.8) is 0 Å². The van der Waals surface area contributed by atoms with Gasteiger partial charge in [-0.05, 0) is 64.0 Å². The third kappa shape index (κ3) is 4.44. The molecule has 1 saturated heterocycles. The molecule has 1 heterocycles. The van der Waals surface area contributed by atoms with Gasteiger partial charge in [0.25, 0.3) is 0 Å². The molecule has 4 unspecified atom stereocenters. The summed E-state index contributed by atoms with van der Waals surface area (Å²) in [5.74, 6) is 2.55. The maximum atomic E-state index is 5.77. The van der Waals surface area contributed by atoms with Gasteiger partial charge in [0.2, 0.25) is 0 Å². The Morgan fingerprint density at radius 1 is 1.20 bits per heavy atom. The fourth-order valence-corrected chi connectivity index (χ4v) is 4.10. The topological polar surface area (TPSA) is 24.5 Å². The van der Waals surface area contributed by atoms with E-state index < -0.39 is 0 Å². The lowest BCUT2D eigenvalue weighted by Gasteiger charge is -2.39. The third-order valence-electron chi connectivity index (χ3n) is 5.42. The Kier molecular flexibility index (Phi) is 6.31. The summed E-state index contributed by atoms with van der Waals surface area (Å²) in [6.07, 6.45) is 7.11. The largest absolute Gasteiger partial charge is 0.377 e. The molecule has 0 aromatic rings. The third-order valence-corrected chi connectivity index (χ3v) is 5.42. The number of rotatable bonds is 6. The van der Waals surface area contributed by atoms with Gasteiger partial charge < -0.3 is 15.0 Å². The van der Waals surface area contributed by atoms with Crippen LogP contribution in [0.4, 0.5) is 0 Å². The lowest BCUT2D eigenvalue weighted by molar-refractivity contribution is 0.0655. The van der Waals surface area contributed by atoms with Crippen molar-refractivity contribution in [2.24, 2.45) is 17.8 Å². The second-order valence-corrected chi connectivity index (χ2v) is 7.33. The summed E-state index contributed by atoms with van der Waals surface area (Å²) < 4.78 is 5.77. The highest BCUT2D eigenvalue weighted by molar-refractivity contribution is 4.87. The van der Waals surface area contributed by atoms with E-state index in [2.05, 4.69) is 38.2 Å². The molecule has 3 heteroatoms. The van der Waals surface area contributed by atoms with E-state index in [9.17, 15) is 0 Å². The van der Waals surface area contributed by atoms with Crippen molar-refractivity contribution >= 4 is 0 Å². The smallest absolute Gasteiger partial charge is 0.0702 e. The molecule has 0 aromatic carbocycles. The van der Waals surface area contributed by atoms with Crippen molar-refractivity contribution in [1.82, 2.24) is 10.2 Å². The number of hydrogen-bond donors (Lipinski definition) is 1. The molecule has 1 aliphatic carbocycles. The molecule has 0 aromatic heterocycles. The van der Waals surface area contributed by atoms with Crippen molar-refractivity contribution in [2.75, 3.05) is 33.8 Å². The first-order chi connectivity index (χ1) is 9.60. The summed E-state index contributed by atoms with van der Waals surface area (Å²) in [6, 6.07) is 0.706. The van der Waals surface area contributed by atoms with Gasteiger partial charge >= 0.3 is 0 Å². The van der Waals surface area contributed by atoms with Crippen molar-refractivity contribution in [3.8, 4) is 0 Å². The van der Waals surface area contributed by atoms with Gasteiger partial charge in [0.1, 0.15) is 0 Å². The summed E-state index contributed by atoms with van der Waals surface area (Å²) in [6.45, 7) is 8.07. The van der Waals surface area contributed by atoms with Crippen molar-refractivity contribution in [2.45, 2.75) is 58.1 Å². The predicted octanol–water partition coefficient (Wildman–Crippen LogP) is 2.76. The molecule has 0 spiro atoms. The summed E-state index contributed by atoms with van der Waals surface area (Å²) in [4.78, 5) is 2.51. The molecule has 2 fully saturated rings. The maximum absolute atomic E-state index is 5.77. The average Bonchev–Trinajstić information content (AvgIpc) is 2.91. The van der Waals surface area contributed by atoms with Crippen LogP contribution in [0.25, 0.3) is 0 Å². The van der Waals surface area contributed by atoms with E-state index >= 15 is 0 Å². The fraction of sp³-hybridized carbons (Fsp3) is 1.00. The summed E-state index contributed by atoms with van der Waals surface area (Å²) >= 11 is 0. The molecule has 4 atom stereocenters. The highest BCUT2D eigenvalue weighted by Gasteiger charge is 2.32. The van der Waals surface area contributed by atoms with Gasteiger partial charge in [-0.15, -0.1) is 0 Å². The molecule has 118 valence electrons. The van der Waals surface area contributed by atoms with E-state index in [1.807, 2.05) is 0 Å². The molecule has 1 saturated carbocycles. The predicted molar refractivity (Wildman–Crippen MR) is 85.0 cm³/mol. The van der Waals surface area contributed by atoms with Crippen LogP contribution in [0, 0.1) is 17.8 Å². The molecular weight excluding hydrogens is 248 g/mol. The Morgan fingerprint density at radius 3 is 2.60 bits per heavy atom. The summed E-state index contributed by atoms with van der Waals surface area (Å²) in [5, 5.41) is 3.55. The summed E-state index contributed by atoms with van der Waals surface area (Å²) in [5.41, 5.74) is 0. The van der Waals surface area contributed by atoms with Crippen molar-refractivity contribution in [1.29, 1.82) is 0 Å². The first-order valence-corrected chi connectivity index (χ1v) is 8.57. The number of hydrogen-bond acceptors (Lipinski definition) is 3. The number of nitrogens with zero attached hydrogens (tertiary/aromatic N) is 1. The Morgan fingerprint density at radius 2 is 2.00 bits per heavy atom. The minimum Gasteiger partial charge on any atom is -0.377 e. The molecule has 2 aliphatic rings. The SMILES string of the molecule is CNC1CCC(C(C)C)CC1CN(C)CC1CCCO1. The zero-order chi connectivity index (χ0) is 14.5. The van der Waals surface area contributed by atoms with Gasteiger partial charge in [-0.2, -0.15) is 0 Å². The number of nitrogens with one attached hydrogen (secondary N) is 1. The highest BCUT2D eigenvalue weighted by Crippen LogP contribution is 2.34. The van der Waals surface area contributed by atoms with E-state index in [0.717, 1.165) is 30.9 Å². The zero-order valence-electron chi connectivity index (χ0n) is 13.9. The quantitative estimate of drug-likeness (QED) is 0.811. The van der Waals surface area contributed by atoms with Crippen LogP contribution in [0.5, 0.6) is 0 Å². The fourth-order valence-electron chi connectivity index (χ4n) is 4.10. The van der Waals surface area contributed by atoms with Gasteiger partial charge in [-0.1, -0.05) is 13.8 Å². The molecular formula is C17H34N2O. The normalized spacial score (nSPS) is 35.1. The van der Waals surface area contributed by atoms with Crippen LogP contribution in [-0.2, 0) is 4.74 Å². The molecule has 0 amide bonds. The molecule has 0 bridgehead atoms. The van der Waals surface area contributed by atoms with Crippen LogP contribution in [0.2, 0.25) is 0 Å². The second-order valence-electron chi connectivity index (χ2n) is 7.33. The van der Waals surface area contributed by atoms with Crippen LogP contribution in [-0.4, -0.2) is 50.8 Å². The van der Waals surface area contributed by atoms with Gasteiger partial charge in [0.15, 0.2) is 0 Å². The minimum atomic E-state index is 0.484. The standard InChI is InChI=1S/C17H34N2O/c1-13(2)14-7-8-17(18-3)15(10-14)11-19(4)12-16-6-5-9-20-16/h13-18H,5-12H2,1-4H3. The molecule has 0 radical (unpaired) electrons. The van der Waals surface area contributed by atoms with Gasteiger partial charge in [-0.25, -0.2) is 0 Å². The van der Waals surface area contributed by atoms with E-state index in [1.165, 1.54) is 38.6 Å². The van der Waals surface area contributed by atoms with E-state index in [4.69, 9.17) is 4.74 Å². The Labute approximate surface area is 125 Å². The van der Waals surface area contributed by atoms with Crippen molar-refractivity contribution < 1.29 is 4.74 Å². The molecule has 2 rings (SSSR count). The second kappa shape index (κ2) is 7.77. The first-order valence-electron chi connectivity index (χ1n) is 8.57. The van der Waals surface area contributed by atoms with Gasteiger partial charge in [0.05, 0.1) is 6.10 Å². The molecule has 1 aliphatic heterocycles. The average molecular weight is 282 g/mol. The van der Waals surface area contributed by atoms with E-state index in [1.54, 1.807) is 0 Å². The first kappa shape index (κ1) is 16.3. The molecule has 20 heavy (non-hydrogen) atoms. The Bertz CT molecular complexity index is 276. The van der Waals surface area contributed by atoms with Crippen LogP contribution in [0.3, 0.4) is 0 Å². The lowest BCUT2D eigenvalue weighted by Crippen LogP contribution is -2.45. The Hall–Kier alpha value is -0.120. The van der Waals surface area contributed by atoms with Crippen LogP contribution in [0.15, 0.2) is 0 Å². The monoisotopic (exact) mass is 282 g/mol. The number of likely N-dealkylation sites (N-methyl/N-ethyl adjacent to an activating group) is 1. The van der Waals surface area contributed by atoms with Crippen LogP contribution >= 0.6 is 0 Å². The highest BCUT2D eigenvalue weighted by atomic mass is 16.5. The van der Waals surface area contributed by atoms with E-state index in [0.29, 0.717) is 12.1 Å². The Balaban J connectivity index is 1.83. The van der Waals surface area contributed by atoms with E-state index in [-0.39, 0.29) is 0 Å². The number of ether oxygens (including phenoxy) is 1. The molecule has 1 N–H and O–H groups in total. The molecule has 3 nitrogen and oxygen atoms in total. The van der Waals surface area contributed by atoms with Crippen molar-refractivity contribution in [3.05, 3.63) is 0 Å².